The van der Waals surface area contributed by atoms with Crippen LogP contribution < -0.4 is 10.0 Å². The van der Waals surface area contributed by atoms with Gasteiger partial charge in [-0.25, -0.2) is 8.42 Å². The van der Waals surface area contributed by atoms with E-state index in [1.807, 2.05) is 37.4 Å². The molecule has 0 bridgehead atoms. The van der Waals surface area contributed by atoms with Crippen molar-refractivity contribution in [3.8, 4) is 0 Å². The lowest BCUT2D eigenvalue weighted by molar-refractivity contribution is -0.115. The van der Waals surface area contributed by atoms with Gasteiger partial charge in [0.1, 0.15) is 0 Å². The van der Waals surface area contributed by atoms with Crippen LogP contribution in [0.3, 0.4) is 0 Å². The summed E-state index contributed by atoms with van der Waals surface area (Å²) in [5, 5.41) is 3.86. The Morgan fingerprint density at radius 1 is 0.900 bits per heavy atom. The number of hydrogen-bond donors (Lipinski definition) is 3. The van der Waals surface area contributed by atoms with Crippen LogP contribution >= 0.6 is 0 Å². The van der Waals surface area contributed by atoms with Gasteiger partial charge in [-0.15, -0.1) is 0 Å². The fourth-order valence-corrected chi connectivity index (χ4v) is 4.27. The van der Waals surface area contributed by atoms with Gasteiger partial charge in [0.25, 0.3) is 10.0 Å². The average Bonchev–Trinajstić information content (AvgIpc) is 3.12. The number of hydrogen-bond acceptors (Lipinski definition) is 3. The van der Waals surface area contributed by atoms with Gasteiger partial charge in [0, 0.05) is 28.5 Å². The molecule has 0 aliphatic heterocycles. The molecule has 0 fully saturated rings. The molecule has 7 heteroatoms. The zero-order valence-electron chi connectivity index (χ0n) is 16.3. The topological polar surface area (TPSA) is 91.1 Å². The molecule has 0 aliphatic rings. The highest BCUT2D eigenvalue weighted by Gasteiger charge is 2.14. The predicted octanol–water partition coefficient (Wildman–Crippen LogP) is 4.46. The molecule has 152 valence electrons. The van der Waals surface area contributed by atoms with E-state index in [2.05, 4.69) is 15.0 Å². The lowest BCUT2D eigenvalue weighted by Gasteiger charge is -2.10. The number of aromatic nitrogens is 1. The van der Waals surface area contributed by atoms with Crippen molar-refractivity contribution in [3.05, 3.63) is 90.1 Å². The van der Waals surface area contributed by atoms with Crippen molar-refractivity contribution in [1.29, 1.82) is 0 Å². The summed E-state index contributed by atoms with van der Waals surface area (Å²) in [5.74, 6) is -0.146. The number of H-pyrrole nitrogens is 1. The van der Waals surface area contributed by atoms with E-state index in [4.69, 9.17) is 0 Å². The molecule has 30 heavy (non-hydrogen) atoms. The number of sulfonamides is 1. The monoisotopic (exact) mass is 419 g/mol. The molecule has 0 unspecified atom stereocenters. The predicted molar refractivity (Wildman–Crippen MR) is 119 cm³/mol. The smallest absolute Gasteiger partial charge is 0.261 e. The number of carbonyl (C=O) groups is 1. The number of benzene rings is 3. The van der Waals surface area contributed by atoms with E-state index >= 15 is 0 Å². The van der Waals surface area contributed by atoms with Gasteiger partial charge in [-0.3, -0.25) is 9.52 Å². The second kappa shape index (κ2) is 8.04. The quantitative estimate of drug-likeness (QED) is 0.431. The molecular weight excluding hydrogens is 398 g/mol. The third kappa shape index (κ3) is 4.36. The first kappa shape index (κ1) is 19.7. The molecule has 3 aromatic carbocycles. The lowest BCUT2D eigenvalue weighted by Crippen LogP contribution is -2.15. The Bertz CT molecular complexity index is 1290. The van der Waals surface area contributed by atoms with E-state index in [-0.39, 0.29) is 17.2 Å². The summed E-state index contributed by atoms with van der Waals surface area (Å²) in [6.45, 7) is 1.90. The van der Waals surface area contributed by atoms with E-state index in [1.165, 1.54) is 0 Å². The van der Waals surface area contributed by atoms with Crippen LogP contribution in [0.2, 0.25) is 0 Å². The third-order valence-corrected chi connectivity index (χ3v) is 6.18. The van der Waals surface area contributed by atoms with Crippen LogP contribution in [0.25, 0.3) is 10.9 Å². The minimum absolute atomic E-state index is 0.146. The summed E-state index contributed by atoms with van der Waals surface area (Å²) in [4.78, 5) is 15.8. The fourth-order valence-electron chi connectivity index (χ4n) is 3.21. The molecule has 0 saturated heterocycles. The first-order valence-electron chi connectivity index (χ1n) is 9.45. The van der Waals surface area contributed by atoms with Crippen molar-refractivity contribution in [2.45, 2.75) is 18.2 Å². The van der Waals surface area contributed by atoms with Crippen LogP contribution in [0, 0.1) is 6.92 Å². The van der Waals surface area contributed by atoms with Crippen LogP contribution in [0.5, 0.6) is 0 Å². The second-order valence-corrected chi connectivity index (χ2v) is 8.76. The van der Waals surface area contributed by atoms with E-state index in [0.717, 1.165) is 22.0 Å². The molecule has 0 atom stereocenters. The molecule has 0 aliphatic carbocycles. The van der Waals surface area contributed by atoms with E-state index < -0.39 is 10.0 Å². The number of para-hydroxylation sites is 1. The Morgan fingerprint density at radius 3 is 2.30 bits per heavy atom. The molecule has 1 aromatic heterocycles. The van der Waals surface area contributed by atoms with Gasteiger partial charge in [-0.05, 0) is 55.0 Å². The zero-order valence-corrected chi connectivity index (χ0v) is 17.2. The van der Waals surface area contributed by atoms with Gasteiger partial charge in [-0.1, -0.05) is 35.9 Å². The number of aromatic amines is 1. The number of anilines is 2. The molecule has 1 heterocycles. The Morgan fingerprint density at radius 2 is 1.57 bits per heavy atom. The standard InChI is InChI=1S/C23H21N3O3S/c1-16-6-12-20(13-7-16)30(28,29)26-19-10-8-18(9-11-19)25-23(27)14-17-15-24-22-5-3-2-4-21(17)22/h2-13,15,24,26H,14H2,1H3,(H,25,27). The highest BCUT2D eigenvalue weighted by atomic mass is 32.2. The average molecular weight is 420 g/mol. The summed E-state index contributed by atoms with van der Waals surface area (Å²) >= 11 is 0. The highest BCUT2D eigenvalue weighted by molar-refractivity contribution is 7.92. The van der Waals surface area contributed by atoms with Gasteiger partial charge in [-0.2, -0.15) is 0 Å². The van der Waals surface area contributed by atoms with Crippen LogP contribution in [0.4, 0.5) is 11.4 Å². The molecule has 0 radical (unpaired) electrons. The number of carbonyl (C=O) groups excluding carboxylic acids is 1. The number of rotatable bonds is 6. The summed E-state index contributed by atoms with van der Waals surface area (Å²) in [5.41, 5.74) is 3.92. The Kier molecular flexibility index (Phi) is 5.29. The van der Waals surface area contributed by atoms with Crippen molar-refractivity contribution in [3.63, 3.8) is 0 Å². The number of aryl methyl sites for hydroxylation is 1. The molecule has 1 amide bonds. The second-order valence-electron chi connectivity index (χ2n) is 7.08. The largest absolute Gasteiger partial charge is 0.361 e. The van der Waals surface area contributed by atoms with E-state index in [1.54, 1.807) is 48.5 Å². The van der Waals surface area contributed by atoms with Crippen LogP contribution in [-0.4, -0.2) is 19.3 Å². The maximum Gasteiger partial charge on any atom is 0.261 e. The molecule has 0 spiro atoms. The van der Waals surface area contributed by atoms with Crippen molar-refractivity contribution in [2.75, 3.05) is 10.0 Å². The van der Waals surface area contributed by atoms with E-state index in [0.29, 0.717) is 11.4 Å². The Balaban J connectivity index is 1.41. The van der Waals surface area contributed by atoms with Gasteiger partial charge in [0.15, 0.2) is 0 Å². The number of fused-ring (bicyclic) bond motifs is 1. The van der Waals surface area contributed by atoms with Gasteiger partial charge in [0.2, 0.25) is 5.91 Å². The Labute approximate surface area is 175 Å². The molecule has 4 rings (SSSR count). The third-order valence-electron chi connectivity index (χ3n) is 4.78. The SMILES string of the molecule is Cc1ccc(S(=O)(=O)Nc2ccc(NC(=O)Cc3c[nH]c4ccccc34)cc2)cc1. The normalized spacial score (nSPS) is 11.4. The van der Waals surface area contributed by atoms with Crippen molar-refractivity contribution in [1.82, 2.24) is 4.98 Å². The maximum absolute atomic E-state index is 12.5. The summed E-state index contributed by atoms with van der Waals surface area (Å²) < 4.78 is 27.5. The minimum Gasteiger partial charge on any atom is -0.361 e. The lowest BCUT2D eigenvalue weighted by atomic mass is 10.1. The minimum atomic E-state index is -3.66. The number of amides is 1. The van der Waals surface area contributed by atoms with E-state index in [9.17, 15) is 13.2 Å². The van der Waals surface area contributed by atoms with Gasteiger partial charge in [0.05, 0.1) is 11.3 Å². The highest BCUT2D eigenvalue weighted by Crippen LogP contribution is 2.21. The first-order valence-corrected chi connectivity index (χ1v) is 10.9. The van der Waals surface area contributed by atoms with Crippen molar-refractivity contribution < 1.29 is 13.2 Å². The van der Waals surface area contributed by atoms with Gasteiger partial charge >= 0.3 is 0 Å². The van der Waals surface area contributed by atoms with Crippen LogP contribution in [0.15, 0.2) is 83.9 Å². The van der Waals surface area contributed by atoms with Crippen molar-refractivity contribution in [2.24, 2.45) is 0 Å². The summed E-state index contributed by atoms with van der Waals surface area (Å²) in [6.07, 6.45) is 2.08. The fraction of sp³-hybridized carbons (Fsp3) is 0.0870. The van der Waals surface area contributed by atoms with Crippen LogP contribution in [0.1, 0.15) is 11.1 Å². The number of nitrogens with one attached hydrogen (secondary N) is 3. The molecule has 6 nitrogen and oxygen atoms in total. The van der Waals surface area contributed by atoms with Crippen molar-refractivity contribution >= 4 is 38.2 Å². The molecule has 0 saturated carbocycles. The molecular formula is C23H21N3O3S. The zero-order chi connectivity index (χ0) is 21.1. The maximum atomic E-state index is 12.5. The Hall–Kier alpha value is -3.58. The van der Waals surface area contributed by atoms with Gasteiger partial charge < -0.3 is 10.3 Å². The molecule has 4 aromatic rings. The first-order chi connectivity index (χ1) is 14.4. The van der Waals surface area contributed by atoms with Crippen LogP contribution in [-0.2, 0) is 21.2 Å². The summed E-state index contributed by atoms with van der Waals surface area (Å²) in [6, 6.07) is 21.0. The summed E-state index contributed by atoms with van der Waals surface area (Å²) in [7, 11) is -3.66. The molecule has 3 N–H and O–H groups in total.